The lowest BCUT2D eigenvalue weighted by Gasteiger charge is -2.32. The van der Waals surface area contributed by atoms with E-state index >= 15 is 0 Å². The van der Waals surface area contributed by atoms with Gasteiger partial charge in [0.05, 0.1) is 18.7 Å². The highest BCUT2D eigenvalue weighted by Crippen LogP contribution is 2.27. The molecular formula is C11H16N2O3. The maximum atomic E-state index is 10.9. The number of aromatic nitrogens is 1. The second-order valence-corrected chi connectivity index (χ2v) is 4.11. The molecule has 2 rings (SSSR count). The molecule has 1 unspecified atom stereocenters. The molecule has 1 fully saturated rings. The molecule has 0 amide bonds. The van der Waals surface area contributed by atoms with Crippen molar-refractivity contribution in [3.05, 3.63) is 18.4 Å². The van der Waals surface area contributed by atoms with Crippen LogP contribution in [0.2, 0.25) is 0 Å². The molecule has 0 aromatic carbocycles. The van der Waals surface area contributed by atoms with E-state index in [9.17, 15) is 4.79 Å². The van der Waals surface area contributed by atoms with Crippen LogP contribution in [0.3, 0.4) is 0 Å². The first-order valence-electron chi connectivity index (χ1n) is 5.61. The van der Waals surface area contributed by atoms with Crippen LogP contribution in [0.4, 0.5) is 0 Å². The molecule has 1 atom stereocenters. The number of carboxylic acids is 1. The van der Waals surface area contributed by atoms with Crippen molar-refractivity contribution in [3.8, 4) is 0 Å². The average molecular weight is 224 g/mol. The Morgan fingerprint density at radius 1 is 1.50 bits per heavy atom. The van der Waals surface area contributed by atoms with E-state index in [2.05, 4.69) is 9.88 Å². The van der Waals surface area contributed by atoms with Gasteiger partial charge in [-0.3, -0.25) is 9.69 Å². The quantitative estimate of drug-likeness (QED) is 0.842. The summed E-state index contributed by atoms with van der Waals surface area (Å²) in [6.45, 7) is 1.89. The van der Waals surface area contributed by atoms with Gasteiger partial charge in [-0.05, 0) is 25.9 Å². The van der Waals surface area contributed by atoms with Gasteiger partial charge in [-0.15, -0.1) is 0 Å². The summed E-state index contributed by atoms with van der Waals surface area (Å²) in [6, 6.07) is -0.166. The van der Waals surface area contributed by atoms with Crippen LogP contribution in [0.25, 0.3) is 0 Å². The van der Waals surface area contributed by atoms with Crippen molar-refractivity contribution in [2.45, 2.75) is 31.7 Å². The van der Waals surface area contributed by atoms with Crippen LogP contribution in [-0.2, 0) is 4.79 Å². The number of hydrogen-bond acceptors (Lipinski definition) is 4. The number of carboxylic acid groups (broad SMARTS) is 1. The first kappa shape index (κ1) is 11.1. The highest BCUT2D eigenvalue weighted by molar-refractivity contribution is 5.67. The van der Waals surface area contributed by atoms with Crippen molar-refractivity contribution < 1.29 is 14.3 Å². The molecule has 1 aliphatic rings. The first-order valence-corrected chi connectivity index (χ1v) is 5.61. The molecule has 0 aliphatic carbocycles. The van der Waals surface area contributed by atoms with E-state index in [0.717, 1.165) is 25.9 Å². The zero-order chi connectivity index (χ0) is 11.4. The third-order valence-electron chi connectivity index (χ3n) is 2.98. The summed E-state index contributed by atoms with van der Waals surface area (Å²) in [5.41, 5.74) is 0. The number of rotatable bonds is 4. The normalized spacial score (nSPS) is 19.5. The molecule has 88 valence electrons. The van der Waals surface area contributed by atoms with Crippen LogP contribution in [0.5, 0.6) is 0 Å². The van der Waals surface area contributed by atoms with E-state index in [0.29, 0.717) is 5.76 Å². The number of hydrogen-bond donors (Lipinski definition) is 1. The molecule has 0 bridgehead atoms. The van der Waals surface area contributed by atoms with Crippen LogP contribution in [0.1, 0.15) is 37.5 Å². The lowest BCUT2D eigenvalue weighted by atomic mass is 10.0. The zero-order valence-electron chi connectivity index (χ0n) is 9.13. The molecule has 1 aromatic heterocycles. The van der Waals surface area contributed by atoms with Gasteiger partial charge in [0.1, 0.15) is 5.76 Å². The first-order chi connectivity index (χ1) is 7.77. The predicted molar refractivity (Wildman–Crippen MR) is 56.9 cm³/mol. The molecule has 2 heterocycles. The molecule has 1 saturated heterocycles. The van der Waals surface area contributed by atoms with Crippen molar-refractivity contribution in [2.75, 3.05) is 13.1 Å². The fourth-order valence-electron chi connectivity index (χ4n) is 2.20. The van der Waals surface area contributed by atoms with Gasteiger partial charge >= 0.3 is 5.97 Å². The summed E-state index contributed by atoms with van der Waals surface area (Å²) in [6.07, 6.45) is 6.53. The third-order valence-corrected chi connectivity index (χ3v) is 2.98. The van der Waals surface area contributed by atoms with Gasteiger partial charge in [0.25, 0.3) is 0 Å². The van der Waals surface area contributed by atoms with Gasteiger partial charge < -0.3 is 9.52 Å². The SMILES string of the molecule is O=C(O)CC(c1cnco1)N1CCCCC1. The summed E-state index contributed by atoms with van der Waals surface area (Å²) in [4.78, 5) is 16.9. The van der Waals surface area contributed by atoms with Crippen molar-refractivity contribution in [2.24, 2.45) is 0 Å². The Labute approximate surface area is 94.1 Å². The monoisotopic (exact) mass is 224 g/mol. The summed E-state index contributed by atoms with van der Waals surface area (Å²) >= 11 is 0. The average Bonchev–Trinajstić information content (AvgIpc) is 2.80. The molecule has 5 nitrogen and oxygen atoms in total. The number of nitrogens with zero attached hydrogens (tertiary/aromatic N) is 2. The van der Waals surface area contributed by atoms with Crippen molar-refractivity contribution in [3.63, 3.8) is 0 Å². The maximum Gasteiger partial charge on any atom is 0.305 e. The van der Waals surface area contributed by atoms with Gasteiger partial charge in [-0.1, -0.05) is 6.42 Å². The largest absolute Gasteiger partial charge is 0.481 e. The Hall–Kier alpha value is -1.36. The van der Waals surface area contributed by atoms with Crippen LogP contribution in [-0.4, -0.2) is 34.0 Å². The Morgan fingerprint density at radius 2 is 2.25 bits per heavy atom. The minimum Gasteiger partial charge on any atom is -0.481 e. The Morgan fingerprint density at radius 3 is 2.81 bits per heavy atom. The fraction of sp³-hybridized carbons (Fsp3) is 0.636. The van der Waals surface area contributed by atoms with E-state index < -0.39 is 5.97 Å². The van der Waals surface area contributed by atoms with Gasteiger partial charge in [-0.2, -0.15) is 0 Å². The Kier molecular flexibility index (Phi) is 3.56. The molecule has 0 saturated carbocycles. The highest BCUT2D eigenvalue weighted by atomic mass is 16.4. The smallest absolute Gasteiger partial charge is 0.305 e. The predicted octanol–water partition coefficient (Wildman–Crippen LogP) is 1.68. The zero-order valence-corrected chi connectivity index (χ0v) is 9.13. The van der Waals surface area contributed by atoms with Gasteiger partial charge in [0.15, 0.2) is 6.39 Å². The fourth-order valence-corrected chi connectivity index (χ4v) is 2.20. The van der Waals surface area contributed by atoms with E-state index in [-0.39, 0.29) is 12.5 Å². The molecule has 1 aromatic rings. The molecule has 1 N–H and O–H groups in total. The summed E-state index contributed by atoms with van der Waals surface area (Å²) in [5, 5.41) is 8.92. The second-order valence-electron chi connectivity index (χ2n) is 4.11. The van der Waals surface area contributed by atoms with Crippen LogP contribution in [0, 0.1) is 0 Å². The minimum atomic E-state index is -0.799. The second kappa shape index (κ2) is 5.12. The lowest BCUT2D eigenvalue weighted by molar-refractivity contribution is -0.138. The highest BCUT2D eigenvalue weighted by Gasteiger charge is 2.26. The molecule has 0 spiro atoms. The van der Waals surface area contributed by atoms with Gasteiger partial charge in [0.2, 0.25) is 0 Å². The van der Waals surface area contributed by atoms with Crippen molar-refractivity contribution in [1.82, 2.24) is 9.88 Å². The number of carbonyl (C=O) groups is 1. The van der Waals surface area contributed by atoms with E-state index in [1.807, 2.05) is 0 Å². The molecule has 5 heteroatoms. The van der Waals surface area contributed by atoms with Crippen molar-refractivity contribution in [1.29, 1.82) is 0 Å². The molecule has 0 radical (unpaired) electrons. The van der Waals surface area contributed by atoms with Gasteiger partial charge in [-0.25, -0.2) is 4.98 Å². The third kappa shape index (κ3) is 2.61. The summed E-state index contributed by atoms with van der Waals surface area (Å²) in [5.74, 6) is -0.142. The molecule has 16 heavy (non-hydrogen) atoms. The standard InChI is InChI=1S/C11H16N2O3/c14-11(15)6-9(10-7-12-8-16-10)13-4-2-1-3-5-13/h7-9H,1-6H2,(H,14,15). The minimum absolute atomic E-state index is 0.0786. The Bertz CT molecular complexity index is 331. The molecule has 1 aliphatic heterocycles. The van der Waals surface area contributed by atoms with Crippen LogP contribution < -0.4 is 0 Å². The van der Waals surface area contributed by atoms with Crippen molar-refractivity contribution >= 4 is 5.97 Å². The van der Waals surface area contributed by atoms with E-state index in [4.69, 9.17) is 9.52 Å². The maximum absolute atomic E-state index is 10.9. The summed E-state index contributed by atoms with van der Waals surface area (Å²) in [7, 11) is 0. The number of aliphatic carboxylic acids is 1. The molecular weight excluding hydrogens is 208 g/mol. The van der Waals surface area contributed by atoms with Crippen LogP contribution >= 0.6 is 0 Å². The van der Waals surface area contributed by atoms with E-state index in [1.165, 1.54) is 12.8 Å². The van der Waals surface area contributed by atoms with Gasteiger partial charge in [0, 0.05) is 0 Å². The Balaban J connectivity index is 2.10. The summed E-state index contributed by atoms with van der Waals surface area (Å²) < 4.78 is 5.23. The van der Waals surface area contributed by atoms with E-state index in [1.54, 1.807) is 6.20 Å². The lowest BCUT2D eigenvalue weighted by Crippen LogP contribution is -2.34. The number of piperidine rings is 1. The topological polar surface area (TPSA) is 66.6 Å². The number of oxazole rings is 1. The van der Waals surface area contributed by atoms with Crippen LogP contribution in [0.15, 0.2) is 17.0 Å². The number of likely N-dealkylation sites (tertiary alicyclic amines) is 1.